The van der Waals surface area contributed by atoms with Gasteiger partial charge < -0.3 is 21.0 Å². The van der Waals surface area contributed by atoms with Crippen molar-refractivity contribution in [1.82, 2.24) is 29.9 Å². The van der Waals surface area contributed by atoms with Crippen molar-refractivity contribution in [1.29, 1.82) is 0 Å². The van der Waals surface area contributed by atoms with Crippen LogP contribution in [0, 0.1) is 0 Å². The van der Waals surface area contributed by atoms with Crippen molar-refractivity contribution in [2.45, 2.75) is 0 Å². The van der Waals surface area contributed by atoms with Gasteiger partial charge in [-0.15, -0.1) is 12.4 Å². The second kappa shape index (κ2) is 8.02. The second-order valence-corrected chi connectivity index (χ2v) is 6.75. The van der Waals surface area contributed by atoms with Crippen molar-refractivity contribution in [3.63, 3.8) is 0 Å². The third-order valence-electron chi connectivity index (χ3n) is 4.47. The Morgan fingerprint density at radius 3 is 2.47 bits per heavy atom. The summed E-state index contributed by atoms with van der Waals surface area (Å²) in [4.78, 5) is 22.7. The van der Waals surface area contributed by atoms with Gasteiger partial charge in [-0.2, -0.15) is 15.0 Å². The van der Waals surface area contributed by atoms with E-state index in [1.54, 1.807) is 6.20 Å². The number of nitrogens with two attached hydrogens (primary N) is 1. The van der Waals surface area contributed by atoms with Gasteiger partial charge in [0, 0.05) is 40.2 Å². The van der Waals surface area contributed by atoms with Crippen LogP contribution in [0.2, 0.25) is 5.28 Å². The maximum Gasteiger partial charge on any atom is 0.233 e. The molecule has 0 unspecified atom stereocenters. The number of aromatic nitrogens is 6. The number of fused-ring (bicyclic) bond motifs is 1. The minimum atomic E-state index is 0. The van der Waals surface area contributed by atoms with Crippen LogP contribution in [0.1, 0.15) is 0 Å². The Bertz CT molecular complexity index is 1280. The Kier molecular flexibility index (Phi) is 5.26. The molecule has 5 N–H and O–H groups in total. The van der Waals surface area contributed by atoms with Crippen LogP contribution in [-0.4, -0.2) is 29.9 Å². The van der Waals surface area contributed by atoms with E-state index in [-0.39, 0.29) is 23.6 Å². The molecule has 5 aromatic rings. The lowest BCUT2D eigenvalue weighted by Crippen LogP contribution is -2.03. The fourth-order valence-electron chi connectivity index (χ4n) is 3.14. The normalized spacial score (nSPS) is 10.7. The average molecular weight is 439 g/mol. The maximum atomic E-state index is 5.81. The number of H-pyrrole nitrogens is 2. The van der Waals surface area contributed by atoms with Gasteiger partial charge in [0.05, 0.1) is 0 Å². The fraction of sp³-hybridized carbons (Fsp3) is 0. The lowest BCUT2D eigenvalue weighted by Gasteiger charge is -2.06. The lowest BCUT2D eigenvalue weighted by molar-refractivity contribution is 1.07. The van der Waals surface area contributed by atoms with Crippen LogP contribution < -0.4 is 11.1 Å². The van der Waals surface area contributed by atoms with E-state index >= 15 is 0 Å². The molecule has 3 aromatic heterocycles. The average Bonchev–Trinajstić information content (AvgIpc) is 3.37. The molecule has 150 valence electrons. The zero-order valence-corrected chi connectivity index (χ0v) is 17.0. The number of hydrogen-bond donors (Lipinski definition) is 4. The maximum absolute atomic E-state index is 5.81. The van der Waals surface area contributed by atoms with E-state index in [4.69, 9.17) is 17.3 Å². The monoisotopic (exact) mass is 438 g/mol. The van der Waals surface area contributed by atoms with Gasteiger partial charge in [-0.25, -0.2) is 4.98 Å². The Morgan fingerprint density at radius 2 is 1.73 bits per heavy atom. The highest BCUT2D eigenvalue weighted by Gasteiger charge is 2.08. The van der Waals surface area contributed by atoms with Crippen LogP contribution >= 0.6 is 24.0 Å². The van der Waals surface area contributed by atoms with Crippen LogP contribution in [0.15, 0.2) is 60.9 Å². The highest BCUT2D eigenvalue weighted by Crippen LogP contribution is 2.28. The van der Waals surface area contributed by atoms with Gasteiger partial charge in [0.2, 0.25) is 17.2 Å². The highest BCUT2D eigenvalue weighted by atomic mass is 35.5. The van der Waals surface area contributed by atoms with E-state index in [9.17, 15) is 0 Å². The summed E-state index contributed by atoms with van der Waals surface area (Å²) in [7, 11) is 0. The topological polar surface area (TPSA) is 121 Å². The first-order chi connectivity index (χ1) is 14.1. The third kappa shape index (κ3) is 3.91. The van der Waals surface area contributed by atoms with Crippen molar-refractivity contribution >= 4 is 52.5 Å². The van der Waals surface area contributed by atoms with E-state index in [1.807, 2.05) is 30.5 Å². The minimum absolute atomic E-state index is 0. The molecule has 0 saturated heterocycles. The zero-order chi connectivity index (χ0) is 19.8. The number of nitrogens with zero attached hydrogens (tertiary/aromatic N) is 4. The van der Waals surface area contributed by atoms with Crippen molar-refractivity contribution in [2.24, 2.45) is 0 Å². The molecule has 2 aromatic carbocycles. The van der Waals surface area contributed by atoms with Gasteiger partial charge in [0.1, 0.15) is 5.82 Å². The Labute approximate surface area is 182 Å². The number of rotatable bonds is 4. The van der Waals surface area contributed by atoms with Crippen molar-refractivity contribution in [2.75, 3.05) is 11.1 Å². The zero-order valence-electron chi connectivity index (χ0n) is 15.4. The summed E-state index contributed by atoms with van der Waals surface area (Å²) >= 11 is 5.81. The van der Waals surface area contributed by atoms with E-state index < -0.39 is 0 Å². The Morgan fingerprint density at radius 1 is 0.933 bits per heavy atom. The summed E-state index contributed by atoms with van der Waals surface area (Å²) in [5.74, 6) is 1.21. The summed E-state index contributed by atoms with van der Waals surface area (Å²) in [5, 5.41) is 4.24. The van der Waals surface area contributed by atoms with Gasteiger partial charge in [0.15, 0.2) is 0 Å². The number of imidazole rings is 1. The van der Waals surface area contributed by atoms with Crippen LogP contribution in [-0.2, 0) is 0 Å². The summed E-state index contributed by atoms with van der Waals surface area (Å²) in [5.41, 5.74) is 10.6. The molecule has 0 atom stereocenters. The molecule has 0 spiro atoms. The SMILES string of the molecule is Cl.Nc1nc(Cl)nc(Nc2ccc(-c3cc4ccc(-c5ncc[nH]5)cc4[nH]3)cc2)n1. The molecule has 3 heterocycles. The first-order valence-electron chi connectivity index (χ1n) is 8.81. The molecule has 0 aliphatic heterocycles. The number of hydrogen-bond acceptors (Lipinski definition) is 6. The van der Waals surface area contributed by atoms with Crippen molar-refractivity contribution < 1.29 is 0 Å². The lowest BCUT2D eigenvalue weighted by atomic mass is 10.1. The van der Waals surface area contributed by atoms with Crippen molar-refractivity contribution in [3.05, 3.63) is 66.2 Å². The Balaban J connectivity index is 0.00000218. The predicted molar refractivity (Wildman–Crippen MR) is 121 cm³/mol. The fourth-order valence-corrected chi connectivity index (χ4v) is 3.30. The molecule has 30 heavy (non-hydrogen) atoms. The summed E-state index contributed by atoms with van der Waals surface area (Å²) in [6, 6.07) is 16.2. The minimum Gasteiger partial charge on any atom is -0.368 e. The summed E-state index contributed by atoms with van der Waals surface area (Å²) in [6.07, 6.45) is 3.56. The van der Waals surface area contributed by atoms with Gasteiger partial charge >= 0.3 is 0 Å². The molecule has 5 rings (SSSR count). The second-order valence-electron chi connectivity index (χ2n) is 6.41. The molecule has 0 amide bonds. The largest absolute Gasteiger partial charge is 0.368 e. The number of nitrogens with one attached hydrogen (secondary N) is 3. The van der Waals surface area contributed by atoms with E-state index in [1.165, 1.54) is 0 Å². The molecule has 8 nitrogen and oxygen atoms in total. The number of halogens is 2. The predicted octanol–water partition coefficient (Wildman–Crippen LogP) is 4.81. The molecule has 0 aliphatic carbocycles. The van der Waals surface area contributed by atoms with Crippen LogP contribution in [0.3, 0.4) is 0 Å². The molecule has 0 fully saturated rings. The molecule has 0 aliphatic rings. The Hall–Kier alpha value is -3.62. The molecular weight excluding hydrogens is 423 g/mol. The van der Waals surface area contributed by atoms with Crippen LogP contribution in [0.4, 0.5) is 17.6 Å². The van der Waals surface area contributed by atoms with E-state index in [2.05, 4.69) is 59.5 Å². The van der Waals surface area contributed by atoms with Gasteiger partial charge in [-0.1, -0.05) is 24.3 Å². The van der Waals surface area contributed by atoms with Crippen molar-refractivity contribution in [3.8, 4) is 22.6 Å². The van der Waals surface area contributed by atoms with Crippen LogP contribution in [0.25, 0.3) is 33.5 Å². The molecule has 10 heteroatoms. The standard InChI is InChI=1S/C20H15ClN8.ClH/c21-18-27-19(22)29-20(28-18)25-14-5-3-11(4-6-14)15-9-12-1-2-13(10-16(12)26-15)17-23-7-8-24-17;/h1-10,26H,(H,23,24)(H3,22,25,27,28,29);1H. The van der Waals surface area contributed by atoms with E-state index in [0.717, 1.165) is 39.2 Å². The van der Waals surface area contributed by atoms with Gasteiger partial charge in [0.25, 0.3) is 0 Å². The first kappa shape index (κ1) is 19.7. The first-order valence-corrected chi connectivity index (χ1v) is 9.19. The highest BCUT2D eigenvalue weighted by molar-refractivity contribution is 6.28. The molecule has 0 saturated carbocycles. The summed E-state index contributed by atoms with van der Waals surface area (Å²) < 4.78 is 0. The van der Waals surface area contributed by atoms with Crippen LogP contribution in [0.5, 0.6) is 0 Å². The number of benzene rings is 2. The smallest absolute Gasteiger partial charge is 0.233 e. The number of anilines is 3. The van der Waals surface area contributed by atoms with Gasteiger partial charge in [-0.05, 0) is 41.4 Å². The molecule has 0 bridgehead atoms. The summed E-state index contributed by atoms with van der Waals surface area (Å²) in [6.45, 7) is 0. The molecular formula is C20H16Cl2N8. The van der Waals surface area contributed by atoms with Gasteiger partial charge in [-0.3, -0.25) is 0 Å². The van der Waals surface area contributed by atoms with E-state index in [0.29, 0.717) is 5.95 Å². The third-order valence-corrected chi connectivity index (χ3v) is 4.64. The number of aromatic amines is 2. The quantitative estimate of drug-likeness (QED) is 0.319. The molecule has 0 radical (unpaired) electrons. The number of nitrogen functional groups attached to an aromatic ring is 1.